The molecule has 0 radical (unpaired) electrons. The van der Waals surface area contributed by atoms with Crippen LogP contribution in [0.3, 0.4) is 0 Å². The summed E-state index contributed by atoms with van der Waals surface area (Å²) in [6, 6.07) is 23.0. The summed E-state index contributed by atoms with van der Waals surface area (Å²) in [6.45, 7) is 0. The Balaban J connectivity index is 1.47. The monoisotopic (exact) mass is 447 g/mol. The third-order valence-corrected chi connectivity index (χ3v) is 5.80. The maximum absolute atomic E-state index is 12.8. The molecule has 1 aliphatic heterocycles. The van der Waals surface area contributed by atoms with Gasteiger partial charge in [-0.25, -0.2) is 4.79 Å². The molecule has 1 aliphatic rings. The van der Waals surface area contributed by atoms with Crippen LogP contribution in [0.15, 0.2) is 83.8 Å². The van der Waals surface area contributed by atoms with Crippen molar-refractivity contribution in [2.75, 3.05) is 12.0 Å². The van der Waals surface area contributed by atoms with Crippen LogP contribution in [0.25, 0.3) is 6.08 Å². The van der Waals surface area contributed by atoms with Crippen molar-refractivity contribution in [2.24, 2.45) is 0 Å². The van der Waals surface area contributed by atoms with Crippen molar-refractivity contribution in [3.63, 3.8) is 0 Å². The van der Waals surface area contributed by atoms with Crippen LogP contribution in [-0.2, 0) is 4.79 Å². The fraction of sp³-hybridized carbons (Fsp3) is 0.0417. The molecular weight excluding hydrogens is 430 g/mol. The number of ether oxygens (including phenoxy) is 2. The van der Waals surface area contributed by atoms with Crippen LogP contribution in [0, 0.1) is 0 Å². The summed E-state index contributed by atoms with van der Waals surface area (Å²) in [6.07, 6.45) is 1.77. The molecule has 3 aromatic rings. The predicted octanol–water partition coefficient (Wildman–Crippen LogP) is 5.32. The van der Waals surface area contributed by atoms with Crippen molar-refractivity contribution in [1.82, 2.24) is 0 Å². The topological polar surface area (TPSA) is 55.8 Å². The molecule has 1 fully saturated rings. The van der Waals surface area contributed by atoms with Crippen LogP contribution in [0.4, 0.5) is 5.69 Å². The average Bonchev–Trinajstić information content (AvgIpc) is 3.08. The molecule has 31 heavy (non-hydrogen) atoms. The number of thioether (sulfide) groups is 1. The Labute approximate surface area is 189 Å². The van der Waals surface area contributed by atoms with E-state index in [-0.39, 0.29) is 5.91 Å². The van der Waals surface area contributed by atoms with E-state index < -0.39 is 5.97 Å². The zero-order chi connectivity index (χ0) is 21.8. The molecule has 7 heteroatoms. The maximum atomic E-state index is 12.8. The first-order chi connectivity index (χ1) is 15.0. The summed E-state index contributed by atoms with van der Waals surface area (Å²) in [5.74, 6) is 0.351. The molecule has 1 saturated heterocycles. The number of methoxy groups -OCH3 is 1. The van der Waals surface area contributed by atoms with E-state index in [1.54, 1.807) is 54.6 Å². The van der Waals surface area contributed by atoms with Gasteiger partial charge in [0.2, 0.25) is 0 Å². The SMILES string of the molecule is COc1cccc(C(=O)Oc2ccc(/C=C3\SC(=S)N(c4ccccc4)C3=O)cc2)c1. The molecule has 0 saturated carbocycles. The van der Waals surface area contributed by atoms with Crippen LogP contribution in [0.5, 0.6) is 11.5 Å². The third kappa shape index (κ3) is 4.68. The molecule has 1 heterocycles. The van der Waals surface area contributed by atoms with E-state index in [9.17, 15) is 9.59 Å². The van der Waals surface area contributed by atoms with Gasteiger partial charge in [0.25, 0.3) is 5.91 Å². The first kappa shape index (κ1) is 20.8. The minimum atomic E-state index is -0.476. The number of carbonyl (C=O) groups excluding carboxylic acids is 2. The Hall–Kier alpha value is -3.42. The molecule has 0 unspecified atom stereocenters. The second-order valence-corrected chi connectivity index (χ2v) is 8.22. The summed E-state index contributed by atoms with van der Waals surface area (Å²) in [5, 5.41) is 0. The summed E-state index contributed by atoms with van der Waals surface area (Å²) in [4.78, 5) is 27.2. The number of benzene rings is 3. The molecule has 0 aliphatic carbocycles. The van der Waals surface area contributed by atoms with Gasteiger partial charge < -0.3 is 9.47 Å². The lowest BCUT2D eigenvalue weighted by molar-refractivity contribution is -0.113. The average molecular weight is 448 g/mol. The third-order valence-electron chi connectivity index (χ3n) is 4.50. The van der Waals surface area contributed by atoms with Gasteiger partial charge in [0.15, 0.2) is 4.32 Å². The second-order valence-electron chi connectivity index (χ2n) is 6.54. The minimum absolute atomic E-state index is 0.158. The molecule has 0 aromatic heterocycles. The van der Waals surface area contributed by atoms with Crippen LogP contribution >= 0.6 is 24.0 Å². The largest absolute Gasteiger partial charge is 0.497 e. The fourth-order valence-electron chi connectivity index (χ4n) is 2.97. The molecule has 154 valence electrons. The highest BCUT2D eigenvalue weighted by atomic mass is 32.2. The number of anilines is 1. The van der Waals surface area contributed by atoms with Gasteiger partial charge in [0, 0.05) is 0 Å². The number of thiocarbonyl (C=S) groups is 1. The van der Waals surface area contributed by atoms with Crippen LogP contribution in [0.1, 0.15) is 15.9 Å². The van der Waals surface area contributed by atoms with Gasteiger partial charge in [0.1, 0.15) is 11.5 Å². The first-order valence-corrected chi connectivity index (χ1v) is 10.6. The van der Waals surface area contributed by atoms with Crippen molar-refractivity contribution in [2.45, 2.75) is 0 Å². The zero-order valence-electron chi connectivity index (χ0n) is 16.5. The van der Waals surface area contributed by atoms with Crippen molar-refractivity contribution in [3.8, 4) is 11.5 Å². The molecule has 1 amide bonds. The normalized spacial score (nSPS) is 14.7. The van der Waals surface area contributed by atoms with Gasteiger partial charge >= 0.3 is 5.97 Å². The van der Waals surface area contributed by atoms with E-state index in [1.807, 2.05) is 30.3 Å². The van der Waals surface area contributed by atoms with Gasteiger partial charge in [-0.1, -0.05) is 60.4 Å². The van der Waals surface area contributed by atoms with Gasteiger partial charge in [-0.15, -0.1) is 0 Å². The van der Waals surface area contributed by atoms with Crippen molar-refractivity contribution < 1.29 is 19.1 Å². The van der Waals surface area contributed by atoms with E-state index in [1.165, 1.54) is 23.8 Å². The lowest BCUT2D eigenvalue weighted by Gasteiger charge is -2.13. The van der Waals surface area contributed by atoms with Crippen LogP contribution < -0.4 is 14.4 Å². The summed E-state index contributed by atoms with van der Waals surface area (Å²) in [7, 11) is 1.54. The van der Waals surface area contributed by atoms with Gasteiger partial charge in [-0.2, -0.15) is 0 Å². The Kier molecular flexibility index (Phi) is 6.16. The Bertz CT molecular complexity index is 1170. The van der Waals surface area contributed by atoms with E-state index in [4.69, 9.17) is 21.7 Å². The molecule has 0 spiro atoms. The number of nitrogens with zero attached hydrogens (tertiary/aromatic N) is 1. The van der Waals surface area contributed by atoms with Crippen LogP contribution in [-0.4, -0.2) is 23.3 Å². The maximum Gasteiger partial charge on any atom is 0.343 e. The summed E-state index contributed by atoms with van der Waals surface area (Å²) < 4.78 is 11.0. The second kappa shape index (κ2) is 9.16. The van der Waals surface area contributed by atoms with Crippen molar-refractivity contribution >= 4 is 51.9 Å². The molecular formula is C24H17NO4S2. The highest BCUT2D eigenvalue weighted by Crippen LogP contribution is 2.36. The van der Waals surface area contributed by atoms with Gasteiger partial charge in [-0.05, 0) is 54.1 Å². The molecule has 3 aromatic carbocycles. The highest BCUT2D eigenvalue weighted by Gasteiger charge is 2.33. The zero-order valence-corrected chi connectivity index (χ0v) is 18.1. The van der Waals surface area contributed by atoms with Crippen molar-refractivity contribution in [1.29, 1.82) is 0 Å². The van der Waals surface area contributed by atoms with E-state index in [0.717, 1.165) is 11.3 Å². The van der Waals surface area contributed by atoms with Gasteiger partial charge in [0.05, 0.1) is 23.3 Å². The first-order valence-electron chi connectivity index (χ1n) is 9.34. The number of esters is 1. The Morgan fingerprint density at radius 2 is 1.71 bits per heavy atom. The summed E-state index contributed by atoms with van der Waals surface area (Å²) >= 11 is 6.64. The predicted molar refractivity (Wildman–Crippen MR) is 126 cm³/mol. The smallest absolute Gasteiger partial charge is 0.343 e. The molecule has 5 nitrogen and oxygen atoms in total. The highest BCUT2D eigenvalue weighted by molar-refractivity contribution is 8.27. The van der Waals surface area contributed by atoms with Gasteiger partial charge in [-0.3, -0.25) is 9.69 Å². The summed E-state index contributed by atoms with van der Waals surface area (Å²) in [5.41, 5.74) is 1.94. The quantitative estimate of drug-likeness (QED) is 0.228. The van der Waals surface area contributed by atoms with E-state index in [2.05, 4.69) is 0 Å². The minimum Gasteiger partial charge on any atom is -0.497 e. The van der Waals surface area contributed by atoms with E-state index >= 15 is 0 Å². The lowest BCUT2D eigenvalue weighted by Crippen LogP contribution is -2.27. The Morgan fingerprint density at radius 1 is 0.968 bits per heavy atom. The van der Waals surface area contributed by atoms with Crippen LogP contribution in [0.2, 0.25) is 0 Å². The standard InChI is InChI=1S/C24H17NO4S2/c1-28-20-9-5-6-17(15-20)23(27)29-19-12-10-16(11-13-19)14-21-22(26)25(24(30)31-21)18-7-3-2-4-8-18/h2-15H,1H3/b21-14-. The molecule has 4 rings (SSSR count). The number of amides is 1. The Morgan fingerprint density at radius 3 is 2.42 bits per heavy atom. The number of para-hydroxylation sites is 1. The molecule has 0 atom stereocenters. The lowest BCUT2D eigenvalue weighted by atomic mass is 10.2. The number of rotatable bonds is 5. The van der Waals surface area contributed by atoms with E-state index in [0.29, 0.717) is 26.3 Å². The fourth-order valence-corrected chi connectivity index (χ4v) is 4.27. The molecule has 0 N–H and O–H groups in total. The van der Waals surface area contributed by atoms with Crippen molar-refractivity contribution in [3.05, 3.63) is 94.9 Å². The number of hydrogen-bond donors (Lipinski definition) is 0. The number of hydrogen-bond acceptors (Lipinski definition) is 6. The molecule has 0 bridgehead atoms. The number of carbonyl (C=O) groups is 2.